The van der Waals surface area contributed by atoms with E-state index in [4.69, 9.17) is 5.26 Å². The third-order valence-corrected chi connectivity index (χ3v) is 2.73. The average Bonchev–Trinajstić information content (AvgIpc) is 2.40. The minimum absolute atomic E-state index is 0.0499. The van der Waals surface area contributed by atoms with Crippen molar-refractivity contribution >= 4 is 15.9 Å². The molecule has 0 aliphatic rings. The second-order valence-corrected chi connectivity index (χ2v) is 4.62. The van der Waals surface area contributed by atoms with Crippen molar-refractivity contribution < 1.29 is 13.2 Å². The van der Waals surface area contributed by atoms with Crippen LogP contribution in [-0.4, -0.2) is 9.78 Å². The van der Waals surface area contributed by atoms with Crippen molar-refractivity contribution in [1.82, 2.24) is 9.78 Å². The van der Waals surface area contributed by atoms with Crippen molar-refractivity contribution in [2.24, 2.45) is 7.05 Å². The van der Waals surface area contributed by atoms with E-state index in [1.807, 2.05) is 6.07 Å². The molecule has 0 fully saturated rings. The maximum atomic E-state index is 12.8. The minimum atomic E-state index is -4.53. The number of halogens is 4. The SMILES string of the molecule is Cn1nc(Br)c(C(C)(C)C#N)c1C(F)(F)F. The lowest BCUT2D eigenvalue weighted by Crippen LogP contribution is -2.22. The molecule has 1 rings (SSSR count). The summed E-state index contributed by atoms with van der Waals surface area (Å²) < 4.78 is 39.2. The van der Waals surface area contributed by atoms with Crippen LogP contribution in [0.4, 0.5) is 13.2 Å². The molecule has 0 atom stereocenters. The van der Waals surface area contributed by atoms with Crippen LogP contribution in [0.25, 0.3) is 0 Å². The molecule has 0 N–H and O–H groups in total. The molecule has 16 heavy (non-hydrogen) atoms. The van der Waals surface area contributed by atoms with Crippen LogP contribution >= 0.6 is 15.9 Å². The fraction of sp³-hybridized carbons (Fsp3) is 0.556. The van der Waals surface area contributed by atoms with E-state index in [1.165, 1.54) is 20.9 Å². The molecule has 88 valence electrons. The Labute approximate surface area is 99.0 Å². The molecular formula is C9H9BrF3N3. The molecular weight excluding hydrogens is 287 g/mol. The van der Waals surface area contributed by atoms with Crippen molar-refractivity contribution in [3.05, 3.63) is 15.9 Å². The highest BCUT2D eigenvalue weighted by Gasteiger charge is 2.43. The minimum Gasteiger partial charge on any atom is -0.262 e. The first-order chi connectivity index (χ1) is 7.11. The standard InChI is InChI=1S/C9H9BrF3N3/c1-8(2,4-14)5-6(9(11,12)13)16(3)15-7(5)10/h1-3H3. The van der Waals surface area contributed by atoms with Crippen LogP contribution < -0.4 is 0 Å². The number of nitriles is 1. The van der Waals surface area contributed by atoms with Crippen LogP contribution in [0.2, 0.25) is 0 Å². The fourth-order valence-electron chi connectivity index (χ4n) is 1.43. The van der Waals surface area contributed by atoms with Crippen molar-refractivity contribution in [3.63, 3.8) is 0 Å². The summed E-state index contributed by atoms with van der Waals surface area (Å²) >= 11 is 2.95. The monoisotopic (exact) mass is 295 g/mol. The van der Waals surface area contributed by atoms with E-state index < -0.39 is 17.3 Å². The lowest BCUT2D eigenvalue weighted by Gasteiger charge is -2.18. The summed E-state index contributed by atoms with van der Waals surface area (Å²) in [6, 6.07) is 1.84. The Hall–Kier alpha value is -1.03. The van der Waals surface area contributed by atoms with Gasteiger partial charge in [0.05, 0.1) is 11.5 Å². The molecule has 0 spiro atoms. The second-order valence-electron chi connectivity index (χ2n) is 3.87. The molecule has 1 aromatic rings. The number of aryl methyl sites for hydroxylation is 1. The molecule has 0 saturated heterocycles. The number of rotatable bonds is 1. The molecule has 0 amide bonds. The van der Waals surface area contributed by atoms with Gasteiger partial charge in [-0.15, -0.1) is 0 Å². The zero-order chi connectivity index (χ0) is 12.7. The van der Waals surface area contributed by atoms with Gasteiger partial charge in [0, 0.05) is 12.6 Å². The predicted octanol–water partition coefficient (Wildman–Crippen LogP) is 3.00. The first kappa shape index (κ1) is 13.0. The maximum absolute atomic E-state index is 12.8. The smallest absolute Gasteiger partial charge is 0.262 e. The maximum Gasteiger partial charge on any atom is 0.433 e. The highest BCUT2D eigenvalue weighted by atomic mass is 79.9. The second kappa shape index (κ2) is 3.77. The van der Waals surface area contributed by atoms with E-state index in [9.17, 15) is 13.2 Å². The molecule has 3 nitrogen and oxygen atoms in total. The van der Waals surface area contributed by atoms with Crippen LogP contribution in [0, 0.1) is 11.3 Å². The average molecular weight is 296 g/mol. The molecule has 0 saturated carbocycles. The van der Waals surface area contributed by atoms with E-state index in [0.29, 0.717) is 0 Å². The van der Waals surface area contributed by atoms with E-state index in [-0.39, 0.29) is 10.2 Å². The van der Waals surface area contributed by atoms with Gasteiger partial charge in [0.1, 0.15) is 10.3 Å². The van der Waals surface area contributed by atoms with E-state index in [1.54, 1.807) is 0 Å². The van der Waals surface area contributed by atoms with Crippen molar-refractivity contribution in [1.29, 1.82) is 5.26 Å². The number of aromatic nitrogens is 2. The summed E-state index contributed by atoms with van der Waals surface area (Å²) in [7, 11) is 1.20. The fourth-order valence-corrected chi connectivity index (χ4v) is 2.35. The summed E-state index contributed by atoms with van der Waals surface area (Å²) in [5.41, 5.74) is -2.28. The number of hydrogen-bond acceptors (Lipinski definition) is 2. The lowest BCUT2D eigenvalue weighted by atomic mass is 9.86. The van der Waals surface area contributed by atoms with Gasteiger partial charge in [0.15, 0.2) is 0 Å². The third-order valence-electron chi connectivity index (χ3n) is 2.18. The highest BCUT2D eigenvalue weighted by molar-refractivity contribution is 9.10. The van der Waals surface area contributed by atoms with Gasteiger partial charge in [-0.3, -0.25) is 4.68 Å². The van der Waals surface area contributed by atoms with Gasteiger partial charge in [-0.2, -0.15) is 23.5 Å². The summed E-state index contributed by atoms with van der Waals surface area (Å²) in [5.74, 6) is 0. The van der Waals surface area contributed by atoms with Gasteiger partial charge in [0.25, 0.3) is 0 Å². The molecule has 0 aliphatic heterocycles. The normalized spacial score (nSPS) is 12.6. The quantitative estimate of drug-likeness (QED) is 0.799. The van der Waals surface area contributed by atoms with Crippen LogP contribution in [0.1, 0.15) is 25.1 Å². The number of nitrogens with zero attached hydrogens (tertiary/aromatic N) is 3. The molecule has 0 aliphatic carbocycles. The van der Waals surface area contributed by atoms with E-state index in [2.05, 4.69) is 21.0 Å². The van der Waals surface area contributed by atoms with Gasteiger partial charge in [-0.05, 0) is 29.8 Å². The molecule has 1 heterocycles. The molecule has 1 aromatic heterocycles. The number of alkyl halides is 3. The van der Waals surface area contributed by atoms with Gasteiger partial charge >= 0.3 is 6.18 Å². The first-order valence-electron chi connectivity index (χ1n) is 4.32. The highest BCUT2D eigenvalue weighted by Crippen LogP contribution is 2.40. The molecule has 0 unspecified atom stereocenters. The summed E-state index contributed by atoms with van der Waals surface area (Å²) in [6.07, 6.45) is -4.53. The molecule has 0 aromatic carbocycles. The predicted molar refractivity (Wildman–Crippen MR) is 54.5 cm³/mol. The summed E-state index contributed by atoms with van der Waals surface area (Å²) in [5, 5.41) is 12.6. The van der Waals surface area contributed by atoms with Gasteiger partial charge in [0.2, 0.25) is 0 Å². The Morgan fingerprint density at radius 2 is 1.88 bits per heavy atom. The Morgan fingerprint density at radius 1 is 1.38 bits per heavy atom. The van der Waals surface area contributed by atoms with E-state index in [0.717, 1.165) is 4.68 Å². The van der Waals surface area contributed by atoms with Crippen LogP contribution in [0.5, 0.6) is 0 Å². The van der Waals surface area contributed by atoms with Gasteiger partial charge < -0.3 is 0 Å². The third kappa shape index (κ3) is 2.07. The zero-order valence-electron chi connectivity index (χ0n) is 8.85. The Morgan fingerprint density at radius 3 is 2.25 bits per heavy atom. The Kier molecular flexibility index (Phi) is 3.07. The van der Waals surface area contributed by atoms with Crippen molar-refractivity contribution in [3.8, 4) is 6.07 Å². The summed E-state index contributed by atoms with van der Waals surface area (Å²) in [6.45, 7) is 2.84. The zero-order valence-corrected chi connectivity index (χ0v) is 10.4. The van der Waals surface area contributed by atoms with Crippen molar-refractivity contribution in [2.75, 3.05) is 0 Å². The van der Waals surface area contributed by atoms with Crippen molar-refractivity contribution in [2.45, 2.75) is 25.4 Å². The molecule has 0 radical (unpaired) electrons. The first-order valence-corrected chi connectivity index (χ1v) is 5.12. The van der Waals surface area contributed by atoms with E-state index >= 15 is 0 Å². The van der Waals surface area contributed by atoms with Gasteiger partial charge in [-0.25, -0.2) is 0 Å². The topological polar surface area (TPSA) is 41.6 Å². The molecule has 7 heteroatoms. The largest absolute Gasteiger partial charge is 0.433 e. The number of hydrogen-bond donors (Lipinski definition) is 0. The summed E-state index contributed by atoms with van der Waals surface area (Å²) in [4.78, 5) is 0. The van der Waals surface area contributed by atoms with Crippen LogP contribution in [-0.2, 0) is 18.6 Å². The molecule has 0 bridgehead atoms. The van der Waals surface area contributed by atoms with Crippen LogP contribution in [0.15, 0.2) is 4.60 Å². The Balaban J connectivity index is 3.58. The Bertz CT molecular complexity index is 454. The van der Waals surface area contributed by atoms with Gasteiger partial charge in [-0.1, -0.05) is 0 Å². The van der Waals surface area contributed by atoms with Crippen LogP contribution in [0.3, 0.4) is 0 Å². The lowest BCUT2D eigenvalue weighted by molar-refractivity contribution is -0.144.